The lowest BCUT2D eigenvalue weighted by Crippen LogP contribution is -2.01. The van der Waals surface area contributed by atoms with Gasteiger partial charge in [0, 0.05) is 11.6 Å². The lowest BCUT2D eigenvalue weighted by atomic mass is 9.93. The fourth-order valence-electron chi connectivity index (χ4n) is 0.784. The highest BCUT2D eigenvalue weighted by Crippen LogP contribution is 2.20. The summed E-state index contributed by atoms with van der Waals surface area (Å²) in [5.74, 6) is 0. The standard InChI is InChI=1S/C9H11NO/c1-9(2)4-3-8(7-11)10-6-5-9/h3-7H,1-2H3. The Morgan fingerprint density at radius 1 is 1.45 bits per heavy atom. The zero-order valence-electron chi connectivity index (χ0n) is 6.74. The summed E-state index contributed by atoms with van der Waals surface area (Å²) in [6.45, 7) is 4.12. The van der Waals surface area contributed by atoms with Gasteiger partial charge in [-0.3, -0.25) is 9.79 Å². The summed E-state index contributed by atoms with van der Waals surface area (Å²) in [4.78, 5) is 14.2. The summed E-state index contributed by atoms with van der Waals surface area (Å²) >= 11 is 0. The highest BCUT2D eigenvalue weighted by atomic mass is 16.1. The van der Waals surface area contributed by atoms with Crippen molar-refractivity contribution in [3.63, 3.8) is 0 Å². The predicted molar refractivity (Wildman–Crippen MR) is 45.6 cm³/mol. The zero-order valence-corrected chi connectivity index (χ0v) is 6.74. The van der Waals surface area contributed by atoms with E-state index in [4.69, 9.17) is 0 Å². The molecule has 0 fully saturated rings. The summed E-state index contributed by atoms with van der Waals surface area (Å²) < 4.78 is 0. The summed E-state index contributed by atoms with van der Waals surface area (Å²) in [6, 6.07) is 0. The summed E-state index contributed by atoms with van der Waals surface area (Å²) in [7, 11) is 0. The first-order valence-electron chi connectivity index (χ1n) is 3.54. The molecule has 0 amide bonds. The molecule has 0 N–H and O–H groups in total. The molecule has 0 bridgehead atoms. The van der Waals surface area contributed by atoms with Gasteiger partial charge in [0.15, 0.2) is 6.29 Å². The van der Waals surface area contributed by atoms with Crippen LogP contribution in [0.4, 0.5) is 0 Å². The molecule has 0 atom stereocenters. The highest BCUT2D eigenvalue weighted by molar-refractivity contribution is 6.34. The summed E-state index contributed by atoms with van der Waals surface area (Å²) in [5, 5.41) is 0. The maximum Gasteiger partial charge on any atom is 0.168 e. The molecule has 2 heteroatoms. The Kier molecular flexibility index (Phi) is 2.03. The van der Waals surface area contributed by atoms with Crippen molar-refractivity contribution in [2.24, 2.45) is 10.4 Å². The Bertz CT molecular complexity index is 246. The van der Waals surface area contributed by atoms with E-state index in [1.807, 2.05) is 12.2 Å². The number of nitrogens with zero attached hydrogens (tertiary/aromatic N) is 1. The van der Waals surface area contributed by atoms with Crippen LogP contribution in [0, 0.1) is 5.41 Å². The van der Waals surface area contributed by atoms with Crippen LogP contribution in [0.25, 0.3) is 0 Å². The maximum absolute atomic E-state index is 10.3. The van der Waals surface area contributed by atoms with Gasteiger partial charge >= 0.3 is 0 Å². The molecule has 1 aliphatic rings. The molecule has 0 saturated carbocycles. The molecule has 2 nitrogen and oxygen atoms in total. The summed E-state index contributed by atoms with van der Waals surface area (Å²) in [5.41, 5.74) is 0.487. The van der Waals surface area contributed by atoms with Gasteiger partial charge in [0.05, 0.1) is 0 Å². The molecule has 1 rings (SSSR count). The van der Waals surface area contributed by atoms with Crippen LogP contribution in [0.5, 0.6) is 0 Å². The molecular formula is C9H11NO. The van der Waals surface area contributed by atoms with E-state index in [1.165, 1.54) is 0 Å². The molecule has 0 aliphatic carbocycles. The van der Waals surface area contributed by atoms with Gasteiger partial charge in [-0.25, -0.2) is 0 Å². The van der Waals surface area contributed by atoms with E-state index in [2.05, 4.69) is 18.8 Å². The first kappa shape index (κ1) is 7.92. The van der Waals surface area contributed by atoms with Gasteiger partial charge in [-0.05, 0) is 6.08 Å². The second-order valence-corrected chi connectivity index (χ2v) is 3.14. The van der Waals surface area contributed by atoms with Crippen molar-refractivity contribution in [3.05, 3.63) is 24.4 Å². The predicted octanol–water partition coefficient (Wildman–Crippen LogP) is 1.74. The number of rotatable bonds is 1. The van der Waals surface area contributed by atoms with E-state index in [9.17, 15) is 4.79 Å². The molecule has 11 heavy (non-hydrogen) atoms. The monoisotopic (exact) mass is 149 g/mol. The highest BCUT2D eigenvalue weighted by Gasteiger charge is 2.10. The first-order valence-corrected chi connectivity index (χ1v) is 3.54. The minimum absolute atomic E-state index is 0.00819. The number of aldehydes is 1. The summed E-state index contributed by atoms with van der Waals surface area (Å²) in [6.07, 6.45) is 8.09. The van der Waals surface area contributed by atoms with Gasteiger partial charge in [-0.2, -0.15) is 0 Å². The van der Waals surface area contributed by atoms with Gasteiger partial charge < -0.3 is 0 Å². The second kappa shape index (κ2) is 2.82. The Balaban J connectivity index is 2.91. The minimum atomic E-state index is 0.00819. The van der Waals surface area contributed by atoms with Crippen LogP contribution in [0.1, 0.15) is 13.8 Å². The molecule has 58 valence electrons. The number of hydrogen-bond acceptors (Lipinski definition) is 2. The van der Waals surface area contributed by atoms with E-state index in [1.54, 1.807) is 12.3 Å². The molecular weight excluding hydrogens is 138 g/mol. The Morgan fingerprint density at radius 2 is 2.18 bits per heavy atom. The van der Waals surface area contributed by atoms with E-state index in [-0.39, 0.29) is 5.41 Å². The molecule has 1 heterocycles. The van der Waals surface area contributed by atoms with Crippen molar-refractivity contribution >= 4 is 12.0 Å². The fraction of sp³-hybridized carbons (Fsp3) is 0.333. The molecule has 0 saturated heterocycles. The average Bonchev–Trinajstić information content (AvgIpc) is 2.10. The minimum Gasteiger partial charge on any atom is -0.296 e. The maximum atomic E-state index is 10.3. The average molecular weight is 149 g/mol. The topological polar surface area (TPSA) is 29.4 Å². The van der Waals surface area contributed by atoms with Gasteiger partial charge in [0.1, 0.15) is 5.71 Å². The van der Waals surface area contributed by atoms with Crippen molar-refractivity contribution in [2.45, 2.75) is 13.8 Å². The van der Waals surface area contributed by atoms with Gasteiger partial charge in [0.2, 0.25) is 0 Å². The van der Waals surface area contributed by atoms with Crippen LogP contribution in [0.3, 0.4) is 0 Å². The lowest BCUT2D eigenvalue weighted by Gasteiger charge is -2.11. The van der Waals surface area contributed by atoms with Gasteiger partial charge in [-0.15, -0.1) is 0 Å². The first-order chi connectivity index (χ1) is 5.14. The Labute approximate surface area is 66.3 Å². The van der Waals surface area contributed by atoms with Crippen LogP contribution in [-0.2, 0) is 4.79 Å². The molecule has 1 aliphatic heterocycles. The van der Waals surface area contributed by atoms with Crippen LogP contribution >= 0.6 is 0 Å². The smallest absolute Gasteiger partial charge is 0.168 e. The third-order valence-corrected chi connectivity index (χ3v) is 1.53. The van der Waals surface area contributed by atoms with E-state index < -0.39 is 0 Å². The van der Waals surface area contributed by atoms with E-state index >= 15 is 0 Å². The molecule has 0 radical (unpaired) electrons. The van der Waals surface area contributed by atoms with Crippen molar-refractivity contribution in [3.8, 4) is 0 Å². The van der Waals surface area contributed by atoms with Crippen molar-refractivity contribution in [1.29, 1.82) is 0 Å². The number of aliphatic imine (C=N–C) groups is 1. The van der Waals surface area contributed by atoms with Crippen molar-refractivity contribution < 1.29 is 4.79 Å². The van der Waals surface area contributed by atoms with Crippen LogP contribution in [0.2, 0.25) is 0 Å². The van der Waals surface area contributed by atoms with Gasteiger partial charge in [0.25, 0.3) is 0 Å². The number of hydrogen-bond donors (Lipinski definition) is 0. The van der Waals surface area contributed by atoms with Crippen LogP contribution < -0.4 is 0 Å². The number of carbonyl (C=O) groups is 1. The number of carbonyl (C=O) groups excluding carboxylic acids is 1. The van der Waals surface area contributed by atoms with Gasteiger partial charge in [-0.1, -0.05) is 26.0 Å². The Morgan fingerprint density at radius 3 is 2.82 bits per heavy atom. The van der Waals surface area contributed by atoms with E-state index in [0.717, 1.165) is 6.29 Å². The SMILES string of the molecule is CC1(C)C=CN=C(C=O)C=C1. The molecule has 0 spiro atoms. The third kappa shape index (κ3) is 2.15. The van der Waals surface area contributed by atoms with E-state index in [0.29, 0.717) is 5.71 Å². The lowest BCUT2D eigenvalue weighted by molar-refractivity contribution is -0.102. The quantitative estimate of drug-likeness (QED) is 0.522. The van der Waals surface area contributed by atoms with Crippen LogP contribution in [0.15, 0.2) is 29.4 Å². The fourth-order valence-corrected chi connectivity index (χ4v) is 0.784. The zero-order chi connectivity index (χ0) is 8.32. The molecule has 0 aromatic heterocycles. The molecule has 0 unspecified atom stereocenters. The Hall–Kier alpha value is -1.18. The van der Waals surface area contributed by atoms with Crippen molar-refractivity contribution in [2.75, 3.05) is 0 Å². The third-order valence-electron chi connectivity index (χ3n) is 1.53. The second-order valence-electron chi connectivity index (χ2n) is 3.14. The molecule has 0 aromatic rings. The van der Waals surface area contributed by atoms with Crippen molar-refractivity contribution in [1.82, 2.24) is 0 Å². The van der Waals surface area contributed by atoms with Crippen LogP contribution in [-0.4, -0.2) is 12.0 Å². The molecule has 0 aromatic carbocycles. The number of allylic oxidation sites excluding steroid dienone is 3. The normalized spacial score (nSPS) is 20.7. The largest absolute Gasteiger partial charge is 0.296 e.